The predicted octanol–water partition coefficient (Wildman–Crippen LogP) is 7.00. The van der Waals surface area contributed by atoms with Gasteiger partial charge in [-0.2, -0.15) is 0 Å². The third-order valence-corrected chi connectivity index (χ3v) is 5.67. The molecule has 170 valence electrons. The summed E-state index contributed by atoms with van der Waals surface area (Å²) < 4.78 is 5.50. The van der Waals surface area contributed by atoms with Crippen molar-refractivity contribution in [2.45, 2.75) is 136 Å². The molecule has 2 N–H and O–H groups in total. The maximum absolute atomic E-state index is 12.0. The lowest BCUT2D eigenvalue weighted by molar-refractivity contribution is -0.165. The van der Waals surface area contributed by atoms with Crippen molar-refractivity contribution in [1.82, 2.24) is 0 Å². The molecule has 0 heterocycles. The van der Waals surface area contributed by atoms with Crippen molar-refractivity contribution in [3.8, 4) is 0 Å². The quantitative estimate of drug-likeness (QED) is 0.134. The number of amides is 1. The van der Waals surface area contributed by atoms with Crippen LogP contribution in [0, 0.1) is 0 Å². The van der Waals surface area contributed by atoms with Gasteiger partial charge in [0, 0.05) is 5.57 Å². The van der Waals surface area contributed by atoms with Gasteiger partial charge in [-0.15, -0.1) is 0 Å². The molecule has 0 fully saturated rings. The summed E-state index contributed by atoms with van der Waals surface area (Å²) in [6, 6.07) is 0. The lowest BCUT2D eigenvalue weighted by Crippen LogP contribution is -2.47. The highest BCUT2D eigenvalue weighted by molar-refractivity contribution is 5.92. The average molecular weight is 410 g/mol. The van der Waals surface area contributed by atoms with E-state index in [1.807, 2.05) is 6.92 Å². The number of esters is 1. The maximum Gasteiger partial charge on any atom is 0.334 e. The van der Waals surface area contributed by atoms with Gasteiger partial charge in [0.05, 0.1) is 0 Å². The van der Waals surface area contributed by atoms with Gasteiger partial charge in [0.25, 0.3) is 5.91 Å². The van der Waals surface area contributed by atoms with E-state index in [4.69, 9.17) is 10.5 Å². The molecule has 0 rings (SSSR count). The van der Waals surface area contributed by atoms with E-state index < -0.39 is 17.5 Å². The summed E-state index contributed by atoms with van der Waals surface area (Å²) in [5, 5.41) is 0. The SMILES string of the molecule is C=C(C)C(=O)OC(CCC)(CCCCCCCCCCCCCCCC)C(N)=O. The van der Waals surface area contributed by atoms with Gasteiger partial charge in [-0.05, 0) is 26.2 Å². The van der Waals surface area contributed by atoms with Crippen molar-refractivity contribution in [1.29, 1.82) is 0 Å². The van der Waals surface area contributed by atoms with Gasteiger partial charge in [0.15, 0.2) is 5.60 Å². The van der Waals surface area contributed by atoms with Crippen LogP contribution >= 0.6 is 0 Å². The maximum atomic E-state index is 12.0. The fourth-order valence-electron chi connectivity index (χ4n) is 3.80. The normalized spacial score (nSPS) is 13.1. The lowest BCUT2D eigenvalue weighted by Gasteiger charge is -2.30. The van der Waals surface area contributed by atoms with Gasteiger partial charge in [-0.1, -0.05) is 110 Å². The molecule has 0 spiro atoms. The number of unbranched alkanes of at least 4 members (excludes halogenated alkanes) is 13. The topological polar surface area (TPSA) is 69.4 Å². The highest BCUT2D eigenvalue weighted by atomic mass is 16.6. The molecule has 0 aromatic carbocycles. The van der Waals surface area contributed by atoms with Crippen LogP contribution in [0.4, 0.5) is 0 Å². The first kappa shape index (κ1) is 27.7. The zero-order valence-corrected chi connectivity index (χ0v) is 19.5. The van der Waals surface area contributed by atoms with Crippen molar-refractivity contribution < 1.29 is 14.3 Å². The van der Waals surface area contributed by atoms with Crippen LogP contribution in [0.25, 0.3) is 0 Å². The van der Waals surface area contributed by atoms with E-state index in [1.165, 1.54) is 70.6 Å². The highest BCUT2D eigenvalue weighted by Gasteiger charge is 2.39. The molecule has 0 bridgehead atoms. The number of carbonyl (C=O) groups excluding carboxylic acids is 2. The fraction of sp³-hybridized carbons (Fsp3) is 0.840. The molecular formula is C25H47NO3. The van der Waals surface area contributed by atoms with Crippen LogP contribution in [0.5, 0.6) is 0 Å². The van der Waals surface area contributed by atoms with E-state index in [0.29, 0.717) is 18.4 Å². The van der Waals surface area contributed by atoms with E-state index in [1.54, 1.807) is 6.92 Å². The summed E-state index contributed by atoms with van der Waals surface area (Å²) >= 11 is 0. The van der Waals surface area contributed by atoms with Crippen LogP contribution < -0.4 is 5.73 Å². The molecule has 0 radical (unpaired) electrons. The molecule has 0 aromatic rings. The third kappa shape index (κ3) is 13.5. The standard InChI is InChI=1S/C25H47NO3/c1-5-7-8-9-10-11-12-13-14-15-16-17-18-19-21-25(20-6-2,24(26)28)29-23(27)22(3)4/h3,5-21H2,1-2,4H3,(H2,26,28). The largest absolute Gasteiger partial charge is 0.446 e. The highest BCUT2D eigenvalue weighted by Crippen LogP contribution is 2.27. The Bertz CT molecular complexity index is 461. The van der Waals surface area contributed by atoms with Crippen LogP contribution in [-0.4, -0.2) is 17.5 Å². The number of carbonyl (C=O) groups is 2. The minimum absolute atomic E-state index is 0.299. The zero-order chi connectivity index (χ0) is 22.0. The predicted molar refractivity (Wildman–Crippen MR) is 123 cm³/mol. The molecule has 0 aromatic heterocycles. The summed E-state index contributed by atoms with van der Waals surface area (Å²) in [4.78, 5) is 24.0. The average Bonchev–Trinajstić information content (AvgIpc) is 2.67. The molecular weight excluding hydrogens is 362 g/mol. The van der Waals surface area contributed by atoms with E-state index in [9.17, 15) is 9.59 Å². The van der Waals surface area contributed by atoms with Crippen LogP contribution in [0.15, 0.2) is 12.2 Å². The second-order valence-corrected chi connectivity index (χ2v) is 8.62. The molecule has 0 aliphatic carbocycles. The Labute approximate surface area is 180 Å². The third-order valence-electron chi connectivity index (χ3n) is 5.67. The summed E-state index contributed by atoms with van der Waals surface area (Å²) in [5.41, 5.74) is 4.73. The van der Waals surface area contributed by atoms with Crippen LogP contribution in [0.3, 0.4) is 0 Å². The van der Waals surface area contributed by atoms with Crippen molar-refractivity contribution >= 4 is 11.9 Å². The molecule has 4 heteroatoms. The van der Waals surface area contributed by atoms with E-state index in [2.05, 4.69) is 13.5 Å². The zero-order valence-electron chi connectivity index (χ0n) is 19.5. The Morgan fingerprint density at radius 1 is 0.724 bits per heavy atom. The van der Waals surface area contributed by atoms with E-state index in [0.717, 1.165) is 25.7 Å². The Kier molecular flexibility index (Phi) is 16.7. The summed E-state index contributed by atoms with van der Waals surface area (Å²) in [6.45, 7) is 9.43. The monoisotopic (exact) mass is 409 g/mol. The molecule has 29 heavy (non-hydrogen) atoms. The molecule has 1 unspecified atom stereocenters. The fourth-order valence-corrected chi connectivity index (χ4v) is 3.80. The van der Waals surface area contributed by atoms with Gasteiger partial charge in [0.2, 0.25) is 0 Å². The van der Waals surface area contributed by atoms with Crippen molar-refractivity contribution in [2.24, 2.45) is 5.73 Å². The van der Waals surface area contributed by atoms with Gasteiger partial charge in [-0.25, -0.2) is 4.79 Å². The van der Waals surface area contributed by atoms with Gasteiger partial charge >= 0.3 is 5.97 Å². The Morgan fingerprint density at radius 3 is 1.48 bits per heavy atom. The molecule has 0 saturated carbocycles. The van der Waals surface area contributed by atoms with Crippen LogP contribution in [-0.2, 0) is 14.3 Å². The summed E-state index contributed by atoms with van der Waals surface area (Å²) in [7, 11) is 0. The summed E-state index contributed by atoms with van der Waals surface area (Å²) in [6.07, 6.45) is 19.6. The van der Waals surface area contributed by atoms with Crippen molar-refractivity contribution in [3.63, 3.8) is 0 Å². The first-order valence-electron chi connectivity index (χ1n) is 12.1. The first-order valence-corrected chi connectivity index (χ1v) is 12.1. The molecule has 0 aliphatic heterocycles. The first-order chi connectivity index (χ1) is 13.9. The van der Waals surface area contributed by atoms with E-state index >= 15 is 0 Å². The Balaban J connectivity index is 3.91. The Morgan fingerprint density at radius 2 is 1.14 bits per heavy atom. The van der Waals surface area contributed by atoms with Gasteiger partial charge in [0.1, 0.15) is 0 Å². The second kappa shape index (κ2) is 17.5. The smallest absolute Gasteiger partial charge is 0.334 e. The minimum atomic E-state index is -1.18. The summed E-state index contributed by atoms with van der Waals surface area (Å²) in [5.74, 6) is -1.06. The number of nitrogens with two attached hydrogens (primary N) is 1. The number of hydrogen-bond acceptors (Lipinski definition) is 3. The molecule has 1 amide bonds. The van der Waals surface area contributed by atoms with Gasteiger partial charge < -0.3 is 10.5 Å². The molecule has 4 nitrogen and oxygen atoms in total. The number of ether oxygens (including phenoxy) is 1. The number of primary amides is 1. The minimum Gasteiger partial charge on any atom is -0.446 e. The van der Waals surface area contributed by atoms with Crippen LogP contribution in [0.2, 0.25) is 0 Å². The van der Waals surface area contributed by atoms with Crippen molar-refractivity contribution in [2.75, 3.05) is 0 Å². The molecule has 0 saturated heterocycles. The molecule has 1 atom stereocenters. The molecule has 0 aliphatic rings. The van der Waals surface area contributed by atoms with Crippen molar-refractivity contribution in [3.05, 3.63) is 12.2 Å². The second-order valence-electron chi connectivity index (χ2n) is 8.62. The Hall–Kier alpha value is -1.32. The lowest BCUT2D eigenvalue weighted by atomic mass is 9.89. The van der Waals surface area contributed by atoms with E-state index in [-0.39, 0.29) is 0 Å². The van der Waals surface area contributed by atoms with Gasteiger partial charge in [-0.3, -0.25) is 4.79 Å². The number of hydrogen-bond donors (Lipinski definition) is 1. The van der Waals surface area contributed by atoms with Crippen LogP contribution in [0.1, 0.15) is 130 Å². The number of rotatable bonds is 20.